The number of aromatic nitrogens is 1. The number of benzene rings is 2. The summed E-state index contributed by atoms with van der Waals surface area (Å²) in [6.45, 7) is 0. The minimum absolute atomic E-state index is 0.0967. The zero-order valence-corrected chi connectivity index (χ0v) is 12.5. The lowest BCUT2D eigenvalue weighted by atomic mass is 9.99. The van der Waals surface area contributed by atoms with E-state index in [1.54, 1.807) is 19.5 Å². The Hall–Kier alpha value is -2.68. The standard InChI is InChI=1S/C19H17NO2/c1-22-19-13-16-5-3-2-4-15(16)12-17(19)18(21)7-6-14-8-10-20-11-9-14/h2-5,8-13H,6-7H2,1H3. The van der Waals surface area contributed by atoms with Crippen LogP contribution >= 0.6 is 0 Å². The largest absolute Gasteiger partial charge is 0.496 e. The number of ketones is 1. The molecule has 0 saturated carbocycles. The van der Waals surface area contributed by atoms with Crippen LogP contribution in [0.2, 0.25) is 0 Å². The van der Waals surface area contributed by atoms with Gasteiger partial charge in [0.2, 0.25) is 0 Å². The lowest BCUT2D eigenvalue weighted by Gasteiger charge is -2.10. The molecule has 3 heteroatoms. The first-order chi connectivity index (χ1) is 10.8. The number of Topliss-reactive ketones (excluding diaryl/α,β-unsaturated/α-hetero) is 1. The highest BCUT2D eigenvalue weighted by molar-refractivity contribution is 6.03. The normalized spacial score (nSPS) is 10.6. The summed E-state index contributed by atoms with van der Waals surface area (Å²) in [5, 5.41) is 2.13. The maximum atomic E-state index is 12.5. The number of nitrogens with zero attached hydrogens (tertiary/aromatic N) is 1. The van der Waals surface area contributed by atoms with Crippen molar-refractivity contribution in [2.24, 2.45) is 0 Å². The minimum Gasteiger partial charge on any atom is -0.496 e. The van der Waals surface area contributed by atoms with Crippen LogP contribution in [0.25, 0.3) is 10.8 Å². The minimum atomic E-state index is 0.0967. The number of rotatable bonds is 5. The van der Waals surface area contributed by atoms with Crippen molar-refractivity contribution in [1.82, 2.24) is 4.98 Å². The van der Waals surface area contributed by atoms with Crippen LogP contribution in [0.15, 0.2) is 60.9 Å². The Morgan fingerprint density at radius 2 is 1.73 bits per heavy atom. The van der Waals surface area contributed by atoms with Gasteiger partial charge in [-0.15, -0.1) is 0 Å². The van der Waals surface area contributed by atoms with Crippen molar-refractivity contribution >= 4 is 16.6 Å². The Balaban J connectivity index is 1.86. The van der Waals surface area contributed by atoms with Gasteiger partial charge in [-0.1, -0.05) is 24.3 Å². The van der Waals surface area contributed by atoms with Gasteiger partial charge in [-0.2, -0.15) is 0 Å². The molecule has 1 aromatic heterocycles. The molecule has 3 nitrogen and oxygen atoms in total. The smallest absolute Gasteiger partial charge is 0.166 e. The molecule has 0 saturated heterocycles. The molecule has 110 valence electrons. The quantitative estimate of drug-likeness (QED) is 0.665. The first-order valence-corrected chi connectivity index (χ1v) is 7.27. The van der Waals surface area contributed by atoms with Gasteiger partial charge in [0.25, 0.3) is 0 Å². The Morgan fingerprint density at radius 3 is 2.41 bits per heavy atom. The summed E-state index contributed by atoms with van der Waals surface area (Å²) in [6.07, 6.45) is 4.66. The van der Waals surface area contributed by atoms with Gasteiger partial charge >= 0.3 is 0 Å². The van der Waals surface area contributed by atoms with E-state index in [4.69, 9.17) is 4.74 Å². The number of fused-ring (bicyclic) bond motifs is 1. The van der Waals surface area contributed by atoms with Crippen LogP contribution < -0.4 is 4.74 Å². The number of methoxy groups -OCH3 is 1. The van der Waals surface area contributed by atoms with E-state index in [0.717, 1.165) is 16.3 Å². The zero-order chi connectivity index (χ0) is 15.4. The molecule has 3 aromatic rings. The van der Waals surface area contributed by atoms with Crippen LogP contribution in [-0.4, -0.2) is 17.9 Å². The Morgan fingerprint density at radius 1 is 1.05 bits per heavy atom. The van der Waals surface area contributed by atoms with Crippen molar-refractivity contribution in [3.8, 4) is 5.75 Å². The lowest BCUT2D eigenvalue weighted by molar-refractivity contribution is 0.0980. The Kier molecular flexibility index (Phi) is 4.15. The van der Waals surface area contributed by atoms with Crippen LogP contribution in [0.3, 0.4) is 0 Å². The van der Waals surface area contributed by atoms with Gasteiger partial charge in [-0.3, -0.25) is 9.78 Å². The fraction of sp³-hybridized carbons (Fsp3) is 0.158. The first-order valence-electron chi connectivity index (χ1n) is 7.27. The number of aryl methyl sites for hydroxylation is 1. The second-order valence-electron chi connectivity index (χ2n) is 5.18. The molecule has 0 amide bonds. The van der Waals surface area contributed by atoms with Gasteiger partial charge in [0.15, 0.2) is 5.78 Å². The summed E-state index contributed by atoms with van der Waals surface area (Å²) in [4.78, 5) is 16.5. The predicted molar refractivity (Wildman–Crippen MR) is 87.4 cm³/mol. The molecular weight excluding hydrogens is 274 g/mol. The van der Waals surface area contributed by atoms with E-state index in [1.165, 1.54) is 0 Å². The molecule has 3 rings (SSSR count). The summed E-state index contributed by atoms with van der Waals surface area (Å²) in [5.41, 5.74) is 1.76. The number of pyridine rings is 1. The maximum Gasteiger partial charge on any atom is 0.166 e. The molecule has 0 aliphatic rings. The van der Waals surface area contributed by atoms with E-state index in [9.17, 15) is 4.79 Å². The first kappa shape index (κ1) is 14.3. The van der Waals surface area contributed by atoms with E-state index in [-0.39, 0.29) is 5.78 Å². The number of hydrogen-bond acceptors (Lipinski definition) is 3. The molecule has 2 aromatic carbocycles. The number of ether oxygens (including phenoxy) is 1. The third-order valence-electron chi connectivity index (χ3n) is 3.76. The van der Waals surface area contributed by atoms with Crippen LogP contribution in [-0.2, 0) is 6.42 Å². The van der Waals surface area contributed by atoms with Crippen molar-refractivity contribution in [3.63, 3.8) is 0 Å². The second-order valence-corrected chi connectivity index (χ2v) is 5.18. The molecule has 0 N–H and O–H groups in total. The Bertz CT molecular complexity index is 797. The van der Waals surface area contributed by atoms with Crippen molar-refractivity contribution in [3.05, 3.63) is 72.1 Å². The summed E-state index contributed by atoms with van der Waals surface area (Å²) in [7, 11) is 1.60. The molecule has 0 aliphatic carbocycles. The fourth-order valence-corrected chi connectivity index (χ4v) is 2.55. The molecule has 0 unspecified atom stereocenters. The third-order valence-corrected chi connectivity index (χ3v) is 3.76. The molecule has 0 radical (unpaired) electrons. The molecule has 0 spiro atoms. The number of carbonyl (C=O) groups excluding carboxylic acids is 1. The zero-order valence-electron chi connectivity index (χ0n) is 12.5. The van der Waals surface area contributed by atoms with Crippen molar-refractivity contribution < 1.29 is 9.53 Å². The monoisotopic (exact) mass is 291 g/mol. The summed E-state index contributed by atoms with van der Waals surface area (Å²) in [6, 6.07) is 15.7. The van der Waals surface area contributed by atoms with E-state index in [2.05, 4.69) is 4.98 Å². The lowest BCUT2D eigenvalue weighted by Crippen LogP contribution is -2.04. The van der Waals surface area contributed by atoms with Crippen molar-refractivity contribution in [2.75, 3.05) is 7.11 Å². The van der Waals surface area contributed by atoms with Gasteiger partial charge in [-0.25, -0.2) is 0 Å². The molecule has 1 heterocycles. The third kappa shape index (κ3) is 2.98. The number of hydrogen-bond donors (Lipinski definition) is 0. The summed E-state index contributed by atoms with van der Waals surface area (Å²) < 4.78 is 5.40. The van der Waals surface area contributed by atoms with E-state index in [1.807, 2.05) is 48.5 Å². The van der Waals surface area contributed by atoms with Crippen LogP contribution in [0.5, 0.6) is 5.75 Å². The van der Waals surface area contributed by atoms with Gasteiger partial charge in [0.05, 0.1) is 12.7 Å². The summed E-state index contributed by atoms with van der Waals surface area (Å²) in [5.74, 6) is 0.734. The van der Waals surface area contributed by atoms with Crippen LogP contribution in [0, 0.1) is 0 Å². The maximum absolute atomic E-state index is 12.5. The second kappa shape index (κ2) is 6.39. The van der Waals surface area contributed by atoms with E-state index >= 15 is 0 Å². The predicted octanol–water partition coefficient (Wildman–Crippen LogP) is 4.06. The average Bonchev–Trinajstić information content (AvgIpc) is 2.59. The molecule has 0 atom stereocenters. The topological polar surface area (TPSA) is 39.2 Å². The van der Waals surface area contributed by atoms with Crippen LogP contribution in [0.4, 0.5) is 0 Å². The van der Waals surface area contributed by atoms with Crippen LogP contribution in [0.1, 0.15) is 22.3 Å². The van der Waals surface area contributed by atoms with Gasteiger partial charge in [0, 0.05) is 18.8 Å². The highest BCUT2D eigenvalue weighted by Gasteiger charge is 2.13. The van der Waals surface area contributed by atoms with E-state index in [0.29, 0.717) is 24.2 Å². The number of carbonyl (C=O) groups is 1. The van der Waals surface area contributed by atoms with Crippen molar-refractivity contribution in [1.29, 1.82) is 0 Å². The van der Waals surface area contributed by atoms with E-state index < -0.39 is 0 Å². The highest BCUT2D eigenvalue weighted by atomic mass is 16.5. The SMILES string of the molecule is COc1cc2ccccc2cc1C(=O)CCc1ccncc1. The fourth-order valence-electron chi connectivity index (χ4n) is 2.55. The van der Waals surface area contributed by atoms with Gasteiger partial charge < -0.3 is 4.74 Å². The van der Waals surface area contributed by atoms with Crippen molar-refractivity contribution in [2.45, 2.75) is 12.8 Å². The van der Waals surface area contributed by atoms with Gasteiger partial charge in [-0.05, 0) is 47.0 Å². The van der Waals surface area contributed by atoms with Gasteiger partial charge in [0.1, 0.15) is 5.75 Å². The molecular formula is C19H17NO2. The average molecular weight is 291 g/mol. The highest BCUT2D eigenvalue weighted by Crippen LogP contribution is 2.27. The summed E-state index contributed by atoms with van der Waals surface area (Å²) >= 11 is 0. The molecule has 0 aliphatic heterocycles. The molecule has 0 bridgehead atoms. The molecule has 0 fully saturated rings. The Labute approximate surface area is 129 Å². The molecule has 22 heavy (non-hydrogen) atoms.